The number of hydrogen-bond donors (Lipinski definition) is 0. The molecule has 0 spiro atoms. The Hall–Kier alpha value is -2.28. The standard InChI is InChI=1S/C24H26ClF3N2O2/c1-2-32-23(31)16-12-10-15(11-13-16)22-17-6-3-4-9-21(17)30(29-22)14-18-19(24(26,27)28)7-5-8-20(18)25/h5,7-8,10,16H,2-4,6,9,11-14H2,1H3. The molecule has 8 heteroatoms. The van der Waals surface area contributed by atoms with Crippen molar-refractivity contribution in [1.29, 1.82) is 0 Å². The molecule has 0 amide bonds. The average Bonchev–Trinajstić information content (AvgIpc) is 3.13. The van der Waals surface area contributed by atoms with Crippen molar-refractivity contribution >= 4 is 23.1 Å². The molecule has 1 heterocycles. The van der Waals surface area contributed by atoms with E-state index in [0.29, 0.717) is 25.9 Å². The highest BCUT2D eigenvalue weighted by atomic mass is 35.5. The summed E-state index contributed by atoms with van der Waals surface area (Å²) in [6.45, 7) is 2.14. The van der Waals surface area contributed by atoms with Gasteiger partial charge in [0.25, 0.3) is 0 Å². The number of alkyl halides is 3. The van der Waals surface area contributed by atoms with Gasteiger partial charge in [0.1, 0.15) is 0 Å². The van der Waals surface area contributed by atoms with Gasteiger partial charge in [-0.2, -0.15) is 18.3 Å². The van der Waals surface area contributed by atoms with E-state index >= 15 is 0 Å². The van der Waals surface area contributed by atoms with Gasteiger partial charge >= 0.3 is 12.1 Å². The third-order valence-electron chi connectivity index (χ3n) is 6.32. The van der Waals surface area contributed by atoms with Crippen LogP contribution in [0.5, 0.6) is 0 Å². The molecule has 1 aromatic heterocycles. The SMILES string of the molecule is CCOC(=O)C1CC=C(c2nn(Cc3c(Cl)cccc3C(F)(F)F)c3c2CCCC3)CC1. The summed E-state index contributed by atoms with van der Waals surface area (Å²) in [5.74, 6) is -0.317. The second-order valence-corrected chi connectivity index (χ2v) is 8.76. The lowest BCUT2D eigenvalue weighted by Gasteiger charge is -2.20. The van der Waals surface area contributed by atoms with Crippen LogP contribution in [-0.4, -0.2) is 22.4 Å². The number of halogens is 4. The molecular weight excluding hydrogens is 441 g/mol. The number of allylic oxidation sites excluding steroid dienone is 2. The van der Waals surface area contributed by atoms with Gasteiger partial charge in [-0.3, -0.25) is 9.48 Å². The van der Waals surface area contributed by atoms with Gasteiger partial charge in [-0.1, -0.05) is 23.7 Å². The van der Waals surface area contributed by atoms with Crippen molar-refractivity contribution in [2.24, 2.45) is 5.92 Å². The Balaban J connectivity index is 1.67. The molecule has 32 heavy (non-hydrogen) atoms. The molecule has 0 saturated carbocycles. The Bertz CT molecular complexity index is 1040. The molecule has 172 valence electrons. The van der Waals surface area contributed by atoms with Crippen LogP contribution >= 0.6 is 11.6 Å². The summed E-state index contributed by atoms with van der Waals surface area (Å²) in [6.07, 6.45) is 3.21. The monoisotopic (exact) mass is 466 g/mol. The minimum Gasteiger partial charge on any atom is -0.466 e. The first-order valence-electron chi connectivity index (χ1n) is 11.1. The maximum Gasteiger partial charge on any atom is 0.416 e. The topological polar surface area (TPSA) is 44.1 Å². The fourth-order valence-electron chi connectivity index (χ4n) is 4.72. The molecule has 0 N–H and O–H groups in total. The molecule has 0 bridgehead atoms. The number of hydrogen-bond acceptors (Lipinski definition) is 3. The molecule has 1 unspecified atom stereocenters. The van der Waals surface area contributed by atoms with Gasteiger partial charge in [0.15, 0.2) is 0 Å². The minimum absolute atomic E-state index is 0.0183. The summed E-state index contributed by atoms with van der Waals surface area (Å²) in [6, 6.07) is 3.88. The summed E-state index contributed by atoms with van der Waals surface area (Å²) in [7, 11) is 0. The van der Waals surface area contributed by atoms with E-state index < -0.39 is 11.7 Å². The third kappa shape index (κ3) is 4.58. The van der Waals surface area contributed by atoms with Crippen LogP contribution in [0, 0.1) is 5.92 Å². The van der Waals surface area contributed by atoms with E-state index in [2.05, 4.69) is 0 Å². The van der Waals surface area contributed by atoms with Gasteiger partial charge in [-0.25, -0.2) is 0 Å². The van der Waals surface area contributed by atoms with E-state index in [-0.39, 0.29) is 29.0 Å². The zero-order valence-electron chi connectivity index (χ0n) is 18.0. The maximum absolute atomic E-state index is 13.6. The first kappa shape index (κ1) is 22.9. The van der Waals surface area contributed by atoms with Crippen LogP contribution in [0.1, 0.15) is 67.1 Å². The predicted octanol–water partition coefficient (Wildman–Crippen LogP) is 6.23. The first-order chi connectivity index (χ1) is 15.3. The van der Waals surface area contributed by atoms with Gasteiger partial charge < -0.3 is 4.74 Å². The van der Waals surface area contributed by atoms with Crippen LogP contribution < -0.4 is 0 Å². The van der Waals surface area contributed by atoms with Crippen molar-refractivity contribution in [3.05, 3.63) is 57.4 Å². The lowest BCUT2D eigenvalue weighted by Crippen LogP contribution is -2.19. The van der Waals surface area contributed by atoms with E-state index in [9.17, 15) is 18.0 Å². The molecule has 1 atom stereocenters. The van der Waals surface area contributed by atoms with Crippen LogP contribution in [0.25, 0.3) is 5.57 Å². The molecule has 0 aliphatic heterocycles. The number of fused-ring (bicyclic) bond motifs is 1. The number of benzene rings is 1. The Labute approximate surface area is 190 Å². The highest BCUT2D eigenvalue weighted by molar-refractivity contribution is 6.31. The quantitative estimate of drug-likeness (QED) is 0.491. The van der Waals surface area contributed by atoms with Crippen molar-refractivity contribution in [3.63, 3.8) is 0 Å². The lowest BCUT2D eigenvalue weighted by atomic mass is 9.85. The second-order valence-electron chi connectivity index (χ2n) is 8.36. The number of ether oxygens (including phenoxy) is 1. The van der Waals surface area contributed by atoms with Crippen LogP contribution in [0.2, 0.25) is 5.02 Å². The zero-order valence-corrected chi connectivity index (χ0v) is 18.7. The Morgan fingerprint density at radius 3 is 2.72 bits per heavy atom. The molecule has 0 fully saturated rings. The fraction of sp³-hybridized carbons (Fsp3) is 0.500. The minimum atomic E-state index is -4.48. The van der Waals surface area contributed by atoms with Gasteiger partial charge in [0.05, 0.1) is 30.3 Å². The van der Waals surface area contributed by atoms with Crippen molar-refractivity contribution in [3.8, 4) is 0 Å². The number of esters is 1. The number of nitrogens with zero attached hydrogens (tertiary/aromatic N) is 2. The fourth-order valence-corrected chi connectivity index (χ4v) is 4.95. The summed E-state index contributed by atoms with van der Waals surface area (Å²) in [5.41, 5.74) is 3.37. The Kier molecular flexibility index (Phi) is 6.65. The molecule has 2 aromatic rings. The molecule has 0 radical (unpaired) electrons. The van der Waals surface area contributed by atoms with Crippen LogP contribution in [-0.2, 0) is 35.1 Å². The van der Waals surface area contributed by atoms with Crippen LogP contribution in [0.15, 0.2) is 24.3 Å². The average molecular weight is 467 g/mol. The lowest BCUT2D eigenvalue weighted by molar-refractivity contribution is -0.148. The summed E-state index contributed by atoms with van der Waals surface area (Å²) in [5, 5.41) is 4.88. The van der Waals surface area contributed by atoms with Crippen molar-refractivity contribution in [2.75, 3.05) is 6.61 Å². The molecule has 4 nitrogen and oxygen atoms in total. The van der Waals surface area contributed by atoms with E-state index in [1.165, 1.54) is 12.1 Å². The molecule has 1 aromatic carbocycles. The van der Waals surface area contributed by atoms with Gasteiger partial charge in [-0.15, -0.1) is 0 Å². The molecular formula is C24H26ClF3N2O2. The Morgan fingerprint density at radius 1 is 1.25 bits per heavy atom. The summed E-state index contributed by atoms with van der Waals surface area (Å²) >= 11 is 6.20. The first-order valence-corrected chi connectivity index (χ1v) is 11.5. The highest BCUT2D eigenvalue weighted by Crippen LogP contribution is 2.38. The normalized spacial score (nSPS) is 18.8. The van der Waals surface area contributed by atoms with Crippen LogP contribution in [0.4, 0.5) is 13.2 Å². The number of carbonyl (C=O) groups excluding carboxylic acids is 1. The van der Waals surface area contributed by atoms with E-state index in [0.717, 1.165) is 54.3 Å². The molecule has 0 saturated heterocycles. The molecule has 4 rings (SSSR count). The van der Waals surface area contributed by atoms with Gasteiger partial charge in [0.2, 0.25) is 0 Å². The number of aromatic nitrogens is 2. The highest BCUT2D eigenvalue weighted by Gasteiger charge is 2.35. The van der Waals surface area contributed by atoms with Crippen LogP contribution in [0.3, 0.4) is 0 Å². The smallest absolute Gasteiger partial charge is 0.416 e. The maximum atomic E-state index is 13.6. The van der Waals surface area contributed by atoms with Crippen molar-refractivity contribution < 1.29 is 22.7 Å². The zero-order chi connectivity index (χ0) is 22.9. The van der Waals surface area contributed by atoms with Gasteiger partial charge in [-0.05, 0) is 69.6 Å². The van der Waals surface area contributed by atoms with E-state index in [4.69, 9.17) is 21.4 Å². The summed E-state index contributed by atoms with van der Waals surface area (Å²) < 4.78 is 47.6. The number of rotatable bonds is 5. The predicted molar refractivity (Wildman–Crippen MR) is 116 cm³/mol. The molecule has 2 aliphatic carbocycles. The second kappa shape index (κ2) is 9.30. The van der Waals surface area contributed by atoms with Crippen molar-refractivity contribution in [2.45, 2.75) is 64.6 Å². The Morgan fingerprint density at radius 2 is 2.03 bits per heavy atom. The van der Waals surface area contributed by atoms with Crippen molar-refractivity contribution in [1.82, 2.24) is 9.78 Å². The van der Waals surface area contributed by atoms with E-state index in [1.807, 2.05) is 6.08 Å². The number of carbonyl (C=O) groups is 1. The van der Waals surface area contributed by atoms with Gasteiger partial charge in [0, 0.05) is 21.8 Å². The third-order valence-corrected chi connectivity index (χ3v) is 6.68. The molecule has 2 aliphatic rings. The largest absolute Gasteiger partial charge is 0.466 e. The van der Waals surface area contributed by atoms with E-state index in [1.54, 1.807) is 11.6 Å². The summed E-state index contributed by atoms with van der Waals surface area (Å²) in [4.78, 5) is 12.1.